The van der Waals surface area contributed by atoms with E-state index in [9.17, 15) is 4.79 Å². The van der Waals surface area contributed by atoms with E-state index in [0.717, 1.165) is 31.8 Å². The van der Waals surface area contributed by atoms with E-state index in [4.69, 9.17) is 5.73 Å². The Kier molecular flexibility index (Phi) is 5.64. The lowest BCUT2D eigenvalue weighted by molar-refractivity contribution is -0.125. The zero-order valence-corrected chi connectivity index (χ0v) is 12.2. The largest absolute Gasteiger partial charge is 0.353 e. The first kappa shape index (κ1) is 14.8. The maximum atomic E-state index is 11.8. The highest BCUT2D eigenvalue weighted by Gasteiger charge is 2.24. The Balaban J connectivity index is 1.65. The van der Waals surface area contributed by atoms with Gasteiger partial charge in [-0.1, -0.05) is 19.8 Å². The highest BCUT2D eigenvalue weighted by molar-refractivity contribution is 5.78. The summed E-state index contributed by atoms with van der Waals surface area (Å²) < 4.78 is 0. The lowest BCUT2D eigenvalue weighted by Crippen LogP contribution is -2.47. The van der Waals surface area contributed by atoms with Crippen molar-refractivity contribution in [3.63, 3.8) is 0 Å². The van der Waals surface area contributed by atoms with Crippen molar-refractivity contribution in [1.29, 1.82) is 0 Å². The van der Waals surface area contributed by atoms with E-state index in [0.29, 0.717) is 12.6 Å². The fraction of sp³-hybridized carbons (Fsp3) is 0.933. The number of hydrogen-bond donors (Lipinski definition) is 2. The van der Waals surface area contributed by atoms with Gasteiger partial charge in [-0.2, -0.15) is 0 Å². The molecule has 19 heavy (non-hydrogen) atoms. The van der Waals surface area contributed by atoms with Crippen LogP contribution >= 0.6 is 0 Å². The van der Waals surface area contributed by atoms with Crippen LogP contribution in [0.2, 0.25) is 0 Å². The number of carbonyl (C=O) groups is 1. The van der Waals surface area contributed by atoms with E-state index < -0.39 is 0 Å². The van der Waals surface area contributed by atoms with Gasteiger partial charge in [-0.3, -0.25) is 4.79 Å². The summed E-state index contributed by atoms with van der Waals surface area (Å²) in [5.74, 6) is 0.997. The SMILES string of the molecule is CC(CN)C(=O)NC1CCN(CC2CCCC2)CC1. The van der Waals surface area contributed by atoms with Gasteiger partial charge in [-0.25, -0.2) is 0 Å². The van der Waals surface area contributed by atoms with Gasteiger partial charge in [-0.15, -0.1) is 0 Å². The zero-order valence-electron chi connectivity index (χ0n) is 12.2. The van der Waals surface area contributed by atoms with Crippen molar-refractivity contribution < 1.29 is 4.79 Å². The van der Waals surface area contributed by atoms with E-state index in [2.05, 4.69) is 10.2 Å². The molecule has 0 spiro atoms. The molecule has 2 fully saturated rings. The Morgan fingerprint density at radius 2 is 1.89 bits per heavy atom. The predicted molar refractivity (Wildman–Crippen MR) is 77.8 cm³/mol. The molecule has 4 nitrogen and oxygen atoms in total. The van der Waals surface area contributed by atoms with Gasteiger partial charge in [0.15, 0.2) is 0 Å². The van der Waals surface area contributed by atoms with Crippen LogP contribution in [0.5, 0.6) is 0 Å². The molecule has 110 valence electrons. The number of amides is 1. The second kappa shape index (κ2) is 7.25. The lowest BCUT2D eigenvalue weighted by atomic mass is 10.0. The first-order chi connectivity index (χ1) is 9.19. The molecule has 1 heterocycles. The maximum Gasteiger partial charge on any atom is 0.224 e. The van der Waals surface area contributed by atoms with E-state index in [1.165, 1.54) is 32.2 Å². The van der Waals surface area contributed by atoms with Crippen molar-refractivity contribution in [2.24, 2.45) is 17.6 Å². The fourth-order valence-corrected chi connectivity index (χ4v) is 3.27. The summed E-state index contributed by atoms with van der Waals surface area (Å²) in [6.45, 7) is 5.88. The minimum absolute atomic E-state index is 0.0588. The molecule has 4 heteroatoms. The summed E-state index contributed by atoms with van der Waals surface area (Å²) in [6, 6.07) is 0.362. The van der Waals surface area contributed by atoms with E-state index >= 15 is 0 Å². The van der Waals surface area contributed by atoms with Crippen LogP contribution in [0.25, 0.3) is 0 Å². The maximum absolute atomic E-state index is 11.8. The summed E-state index contributed by atoms with van der Waals surface area (Å²) in [4.78, 5) is 14.4. The summed E-state index contributed by atoms with van der Waals surface area (Å²) in [6.07, 6.45) is 7.88. The van der Waals surface area contributed by atoms with Gasteiger partial charge in [0, 0.05) is 38.1 Å². The van der Waals surface area contributed by atoms with Crippen LogP contribution in [-0.4, -0.2) is 43.0 Å². The molecule has 0 aromatic rings. The number of nitrogens with zero attached hydrogens (tertiary/aromatic N) is 1. The standard InChI is InChI=1S/C15H29N3O/c1-12(10-16)15(19)17-14-6-8-18(9-7-14)11-13-4-2-3-5-13/h12-14H,2-11,16H2,1H3,(H,17,19). The Morgan fingerprint density at radius 3 is 2.47 bits per heavy atom. The molecule has 1 unspecified atom stereocenters. The van der Waals surface area contributed by atoms with Crippen molar-refractivity contribution in [2.75, 3.05) is 26.2 Å². The first-order valence-corrected chi connectivity index (χ1v) is 7.92. The van der Waals surface area contributed by atoms with Crippen LogP contribution in [0.1, 0.15) is 45.4 Å². The minimum atomic E-state index is -0.0588. The lowest BCUT2D eigenvalue weighted by Gasteiger charge is -2.34. The normalized spacial score (nSPS) is 24.5. The Morgan fingerprint density at radius 1 is 1.26 bits per heavy atom. The average molecular weight is 267 g/mol. The number of hydrogen-bond acceptors (Lipinski definition) is 3. The molecule has 1 aliphatic heterocycles. The molecule has 0 aromatic carbocycles. The van der Waals surface area contributed by atoms with Crippen molar-refractivity contribution in [3.8, 4) is 0 Å². The Hall–Kier alpha value is -0.610. The van der Waals surface area contributed by atoms with Crippen molar-refractivity contribution in [2.45, 2.75) is 51.5 Å². The van der Waals surface area contributed by atoms with Crippen LogP contribution in [0.15, 0.2) is 0 Å². The number of rotatable bonds is 5. The fourth-order valence-electron chi connectivity index (χ4n) is 3.27. The minimum Gasteiger partial charge on any atom is -0.353 e. The molecule has 1 saturated carbocycles. The highest BCUT2D eigenvalue weighted by atomic mass is 16.1. The third-order valence-corrected chi connectivity index (χ3v) is 4.73. The molecule has 1 saturated heterocycles. The molecule has 2 aliphatic rings. The van der Waals surface area contributed by atoms with E-state index in [-0.39, 0.29) is 11.8 Å². The molecule has 1 amide bonds. The topological polar surface area (TPSA) is 58.4 Å². The van der Waals surface area contributed by atoms with Gasteiger partial charge < -0.3 is 16.0 Å². The molecule has 0 radical (unpaired) electrons. The third-order valence-electron chi connectivity index (χ3n) is 4.73. The van der Waals surface area contributed by atoms with Gasteiger partial charge in [0.2, 0.25) is 5.91 Å². The number of piperidine rings is 1. The monoisotopic (exact) mass is 267 g/mol. The number of nitrogens with one attached hydrogen (secondary N) is 1. The third kappa shape index (κ3) is 4.46. The van der Waals surface area contributed by atoms with Crippen LogP contribution < -0.4 is 11.1 Å². The molecule has 1 atom stereocenters. The van der Waals surface area contributed by atoms with Crippen LogP contribution in [-0.2, 0) is 4.79 Å². The second-order valence-corrected chi connectivity index (χ2v) is 6.37. The molecular formula is C15H29N3O. The summed E-state index contributed by atoms with van der Waals surface area (Å²) >= 11 is 0. The molecular weight excluding hydrogens is 238 g/mol. The van der Waals surface area contributed by atoms with Crippen LogP contribution in [0.3, 0.4) is 0 Å². The van der Waals surface area contributed by atoms with Crippen LogP contribution in [0.4, 0.5) is 0 Å². The van der Waals surface area contributed by atoms with E-state index in [1.54, 1.807) is 0 Å². The summed E-state index contributed by atoms with van der Waals surface area (Å²) in [5.41, 5.74) is 5.52. The average Bonchev–Trinajstić information content (AvgIpc) is 2.93. The number of nitrogens with two attached hydrogens (primary N) is 1. The van der Waals surface area contributed by atoms with Crippen LogP contribution in [0, 0.1) is 11.8 Å². The van der Waals surface area contributed by atoms with Gasteiger partial charge in [0.25, 0.3) is 0 Å². The van der Waals surface area contributed by atoms with Gasteiger partial charge in [0.1, 0.15) is 0 Å². The van der Waals surface area contributed by atoms with Gasteiger partial charge >= 0.3 is 0 Å². The van der Waals surface area contributed by atoms with E-state index in [1.807, 2.05) is 6.92 Å². The Labute approximate surface area is 117 Å². The molecule has 0 aromatic heterocycles. The molecule has 2 rings (SSSR count). The number of carbonyl (C=O) groups excluding carboxylic acids is 1. The highest BCUT2D eigenvalue weighted by Crippen LogP contribution is 2.26. The van der Waals surface area contributed by atoms with Crippen molar-refractivity contribution >= 4 is 5.91 Å². The zero-order chi connectivity index (χ0) is 13.7. The van der Waals surface area contributed by atoms with Gasteiger partial charge in [-0.05, 0) is 31.6 Å². The molecule has 3 N–H and O–H groups in total. The summed E-state index contributed by atoms with van der Waals surface area (Å²) in [5, 5.41) is 3.14. The van der Waals surface area contributed by atoms with Gasteiger partial charge in [0.05, 0.1) is 0 Å². The summed E-state index contributed by atoms with van der Waals surface area (Å²) in [7, 11) is 0. The molecule has 0 bridgehead atoms. The second-order valence-electron chi connectivity index (χ2n) is 6.37. The Bertz CT molecular complexity index is 281. The quantitative estimate of drug-likeness (QED) is 0.790. The molecule has 1 aliphatic carbocycles. The first-order valence-electron chi connectivity index (χ1n) is 7.92. The van der Waals surface area contributed by atoms with Crippen molar-refractivity contribution in [3.05, 3.63) is 0 Å². The van der Waals surface area contributed by atoms with Crippen molar-refractivity contribution in [1.82, 2.24) is 10.2 Å². The smallest absolute Gasteiger partial charge is 0.224 e. The number of likely N-dealkylation sites (tertiary alicyclic amines) is 1. The predicted octanol–water partition coefficient (Wildman–Crippen LogP) is 1.35.